The fraction of sp³-hybridized carbons (Fsp3) is 0.400. The van der Waals surface area contributed by atoms with E-state index in [4.69, 9.17) is 11.5 Å². The summed E-state index contributed by atoms with van der Waals surface area (Å²) in [4.78, 5) is 10.3. The highest BCUT2D eigenvalue weighted by Crippen LogP contribution is 2.09. The maximum atomic E-state index is 10.3. The minimum Gasteiger partial charge on any atom is -0.406 e. The Bertz CT molecular complexity index is 287. The largest absolute Gasteiger partial charge is 0.406 e. The molecule has 1 atom stereocenters. The molecule has 0 bridgehead atoms. The molecular formula is C5H8N4O2. The van der Waals surface area contributed by atoms with Gasteiger partial charge in [-0.1, -0.05) is 5.10 Å². The molecule has 60 valence electrons. The summed E-state index contributed by atoms with van der Waals surface area (Å²) in [5.41, 5.74) is 5.15. The van der Waals surface area contributed by atoms with E-state index in [1.165, 1.54) is 0 Å². The van der Waals surface area contributed by atoms with Gasteiger partial charge in [0.15, 0.2) is 0 Å². The average Bonchev–Trinajstić information content (AvgIpc) is 2.34. The molecule has 6 nitrogen and oxygen atoms in total. The number of aromatic nitrogens is 2. The Morgan fingerprint density at radius 3 is 3.09 bits per heavy atom. The van der Waals surface area contributed by atoms with E-state index in [2.05, 4.69) is 15.5 Å². The molecule has 0 fully saturated rings. The van der Waals surface area contributed by atoms with Gasteiger partial charge in [-0.15, -0.1) is 5.10 Å². The highest BCUT2D eigenvalue weighted by Gasteiger charge is 2.10. The topological polar surface area (TPSA) is 94.0 Å². The summed E-state index contributed by atoms with van der Waals surface area (Å²) in [7, 11) is 0. The van der Waals surface area contributed by atoms with Crippen LogP contribution in [0.25, 0.3) is 0 Å². The third-order valence-electron chi connectivity index (χ3n) is 1.10. The number of nitrogens with two attached hydrogens (primary N) is 1. The summed E-state index contributed by atoms with van der Waals surface area (Å²) in [5, 5.41) is 9.17. The molecule has 0 radical (unpaired) electrons. The second-order valence-corrected chi connectivity index (χ2v) is 1.95. The van der Waals surface area contributed by atoms with Crippen LogP contribution in [0.1, 0.15) is 20.2 Å². The molecule has 1 heterocycles. The molecule has 1 unspecified atom stereocenters. The molecule has 3 N–H and O–H groups in total. The second-order valence-electron chi connectivity index (χ2n) is 1.95. The molecule has 0 saturated carbocycles. The number of nitrogens with one attached hydrogen (secondary N) is 1. The summed E-state index contributed by atoms with van der Waals surface area (Å²) in [6, 6.07) is -0.545. The maximum Gasteiger partial charge on any atom is 0.312 e. The number of hydrogen-bond acceptors (Lipinski definition) is 5. The lowest BCUT2D eigenvalue weighted by atomic mass is 10.3. The Balaban J connectivity index is 2.64. The van der Waals surface area contributed by atoms with Crippen LogP contribution in [0.2, 0.25) is 0 Å². The van der Waals surface area contributed by atoms with Gasteiger partial charge in [0.25, 0.3) is 0 Å². The van der Waals surface area contributed by atoms with Crippen molar-refractivity contribution in [3.05, 3.63) is 5.89 Å². The average molecular weight is 157 g/mol. The summed E-state index contributed by atoms with van der Waals surface area (Å²) in [6.07, 6.45) is -0.903. The Hall–Kier alpha value is -1.59. The molecule has 0 aliphatic heterocycles. The zero-order valence-corrected chi connectivity index (χ0v) is 5.87. The monoisotopic (exact) mass is 157 g/mol. The highest BCUT2D eigenvalue weighted by atomic mass is 16.4. The van der Waals surface area contributed by atoms with E-state index < -0.39 is 12.4 Å². The van der Waals surface area contributed by atoms with Crippen molar-refractivity contribution < 1.29 is 10.6 Å². The molecule has 0 spiro atoms. The van der Waals surface area contributed by atoms with Crippen molar-refractivity contribution in [2.45, 2.75) is 13.0 Å². The lowest BCUT2D eigenvalue weighted by Crippen LogP contribution is -2.16. The van der Waals surface area contributed by atoms with Gasteiger partial charge >= 0.3 is 6.01 Å². The van der Waals surface area contributed by atoms with Gasteiger partial charge in [0.05, 0.1) is 0 Å². The number of nitrogen functional groups attached to an aromatic ring is 1. The van der Waals surface area contributed by atoms with Crippen LogP contribution in [0, 0.1) is 0 Å². The van der Waals surface area contributed by atoms with Gasteiger partial charge in [0, 0.05) is 0 Å². The van der Waals surface area contributed by atoms with Crippen LogP contribution >= 0.6 is 0 Å². The van der Waals surface area contributed by atoms with Gasteiger partial charge in [-0.3, -0.25) is 4.79 Å². The third kappa shape index (κ3) is 1.66. The second kappa shape index (κ2) is 3.00. The molecule has 1 aromatic heterocycles. The normalized spacial score (nSPS) is 13.7. The van der Waals surface area contributed by atoms with Crippen LogP contribution < -0.4 is 11.1 Å². The van der Waals surface area contributed by atoms with Gasteiger partial charge in [-0.25, -0.2) is 0 Å². The molecule has 0 saturated heterocycles. The number of amides is 1. The predicted molar refractivity (Wildman–Crippen MR) is 36.3 cm³/mol. The van der Waals surface area contributed by atoms with Gasteiger partial charge < -0.3 is 15.5 Å². The van der Waals surface area contributed by atoms with Crippen LogP contribution in [-0.4, -0.2) is 16.6 Å². The number of nitrogens with zero attached hydrogens (tertiary/aromatic N) is 2. The van der Waals surface area contributed by atoms with E-state index in [1.54, 1.807) is 6.92 Å². The SMILES string of the molecule is [2H]C(=O)NC(C)c1nnc(N)o1. The first-order valence-corrected chi connectivity index (χ1v) is 2.95. The molecule has 0 aliphatic rings. The Labute approximate surface area is 64.2 Å². The first-order chi connectivity index (χ1) is 5.59. The quantitative estimate of drug-likeness (QED) is 0.562. The summed E-state index contributed by atoms with van der Waals surface area (Å²) in [6.45, 7) is 1.61. The maximum absolute atomic E-state index is 10.3. The van der Waals surface area contributed by atoms with E-state index >= 15 is 0 Å². The molecule has 11 heavy (non-hydrogen) atoms. The molecule has 0 aliphatic carbocycles. The van der Waals surface area contributed by atoms with Gasteiger partial charge in [0.1, 0.15) is 7.41 Å². The van der Waals surface area contributed by atoms with Crippen LogP contribution in [0.15, 0.2) is 4.42 Å². The minimum atomic E-state index is -0.903. The zero-order valence-electron chi connectivity index (χ0n) is 6.87. The number of rotatable bonds is 2. The molecule has 1 amide bonds. The number of anilines is 1. The molecule has 6 heteroatoms. The van der Waals surface area contributed by atoms with E-state index in [-0.39, 0.29) is 11.9 Å². The Morgan fingerprint density at radius 1 is 1.91 bits per heavy atom. The number of carbonyl (C=O) groups is 1. The van der Waals surface area contributed by atoms with Gasteiger partial charge in [-0.2, -0.15) is 0 Å². The van der Waals surface area contributed by atoms with Gasteiger partial charge in [-0.05, 0) is 6.92 Å². The zero-order chi connectivity index (χ0) is 9.14. The molecule has 1 aromatic rings. The van der Waals surface area contributed by atoms with Crippen molar-refractivity contribution in [3.63, 3.8) is 0 Å². The molecule has 0 aromatic carbocycles. The van der Waals surface area contributed by atoms with Crippen LogP contribution in [0.4, 0.5) is 6.01 Å². The minimum absolute atomic E-state index is 0.0592. The Morgan fingerprint density at radius 2 is 2.64 bits per heavy atom. The van der Waals surface area contributed by atoms with Crippen LogP contribution in [0.5, 0.6) is 0 Å². The lowest BCUT2D eigenvalue weighted by molar-refractivity contribution is -0.110. The van der Waals surface area contributed by atoms with Crippen molar-refractivity contribution in [1.82, 2.24) is 15.5 Å². The number of carbonyl (C=O) groups excluding carboxylic acids is 1. The number of hydrogen-bond donors (Lipinski definition) is 2. The molecular weight excluding hydrogens is 148 g/mol. The van der Waals surface area contributed by atoms with Crippen LogP contribution in [0.3, 0.4) is 0 Å². The molecule has 1 rings (SSSR count). The van der Waals surface area contributed by atoms with E-state index in [0.29, 0.717) is 0 Å². The fourth-order valence-corrected chi connectivity index (χ4v) is 0.572. The van der Waals surface area contributed by atoms with Crippen molar-refractivity contribution in [3.8, 4) is 0 Å². The van der Waals surface area contributed by atoms with E-state index in [9.17, 15) is 4.79 Å². The summed E-state index contributed by atoms with van der Waals surface area (Å²) >= 11 is 0. The van der Waals surface area contributed by atoms with Gasteiger partial charge in [0.2, 0.25) is 12.3 Å². The lowest BCUT2D eigenvalue weighted by Gasteiger charge is -2.01. The first-order valence-electron chi connectivity index (χ1n) is 3.45. The van der Waals surface area contributed by atoms with Crippen molar-refractivity contribution >= 4 is 12.4 Å². The third-order valence-corrected chi connectivity index (χ3v) is 1.10. The smallest absolute Gasteiger partial charge is 0.312 e. The summed E-state index contributed by atoms with van der Waals surface area (Å²) < 4.78 is 11.4. The fourth-order valence-electron chi connectivity index (χ4n) is 0.572. The van der Waals surface area contributed by atoms with Crippen molar-refractivity contribution in [2.24, 2.45) is 0 Å². The first kappa shape index (κ1) is 6.14. The Kier molecular flexibility index (Phi) is 1.67. The van der Waals surface area contributed by atoms with Crippen molar-refractivity contribution in [1.29, 1.82) is 0 Å². The standard InChI is InChI=1S/C5H8N4O2/c1-3(7-2-10)4-8-9-5(6)11-4/h2-3H,1H3,(H2,6,9)(H,7,10)/i2D. The van der Waals surface area contributed by atoms with E-state index in [0.717, 1.165) is 0 Å². The van der Waals surface area contributed by atoms with E-state index in [1.807, 2.05) is 0 Å². The van der Waals surface area contributed by atoms with Crippen molar-refractivity contribution in [2.75, 3.05) is 5.73 Å². The highest BCUT2D eigenvalue weighted by molar-refractivity contribution is 5.46. The van der Waals surface area contributed by atoms with Crippen LogP contribution in [-0.2, 0) is 4.79 Å². The summed E-state index contributed by atoms with van der Waals surface area (Å²) in [5.74, 6) is 0.188. The predicted octanol–water partition coefficient (Wildman–Crippen LogP) is -0.541.